The molecule has 43 heavy (non-hydrogen) atoms. The molecule has 2 atom stereocenters. The number of ether oxygens (including phenoxy) is 5. The van der Waals surface area contributed by atoms with E-state index in [2.05, 4.69) is 14.8 Å². The van der Waals surface area contributed by atoms with Crippen molar-refractivity contribution in [3.8, 4) is 5.75 Å². The molecule has 0 aromatic heterocycles. The van der Waals surface area contributed by atoms with Gasteiger partial charge < -0.3 is 29.0 Å². The van der Waals surface area contributed by atoms with Gasteiger partial charge in [0, 0.05) is 0 Å². The summed E-state index contributed by atoms with van der Waals surface area (Å²) in [7, 11) is 0. The summed E-state index contributed by atoms with van der Waals surface area (Å²) in [5.41, 5.74) is 0.855. The van der Waals surface area contributed by atoms with Gasteiger partial charge in [0.05, 0.1) is 0 Å². The Kier molecular flexibility index (Phi) is 12.0. The van der Waals surface area contributed by atoms with Gasteiger partial charge in [0.1, 0.15) is 24.7 Å². The minimum atomic E-state index is -1.90. The molecule has 2 aromatic rings. The highest BCUT2D eigenvalue weighted by atomic mass is 35.6. The second-order valence-corrected chi connectivity index (χ2v) is 11.6. The van der Waals surface area contributed by atoms with Crippen LogP contribution < -0.4 is 10.1 Å². The zero-order valence-corrected chi connectivity index (χ0v) is 25.2. The summed E-state index contributed by atoms with van der Waals surface area (Å²) in [6.45, 7) is 0.941. The lowest BCUT2D eigenvalue weighted by atomic mass is 10.0. The number of amides is 2. The Hall–Kier alpha value is -4.00. The van der Waals surface area contributed by atoms with Crippen molar-refractivity contribution in [3.05, 3.63) is 77.5 Å². The van der Waals surface area contributed by atoms with Gasteiger partial charge in [-0.15, -0.1) is 0 Å². The standard InChI is InChI=1S/C28H27Cl3N2O10/c1-17(2)23(26(37)40-13-18-9-5-3-6-10-18)33-24(36)22(32-20(34)14-39-19-11-7-4-8-12-19)25(33)43-21(35)15-41-27(38)42-16-28(29,30)31/h3-12,22,25H,13-16H2,1-2H3,(H,32,34). The molecule has 1 saturated heterocycles. The van der Waals surface area contributed by atoms with Crippen molar-refractivity contribution in [2.75, 3.05) is 19.8 Å². The second-order valence-electron chi connectivity index (χ2n) is 9.09. The van der Waals surface area contributed by atoms with Gasteiger partial charge in [-0.05, 0) is 37.1 Å². The van der Waals surface area contributed by atoms with Crippen molar-refractivity contribution in [3.63, 3.8) is 0 Å². The summed E-state index contributed by atoms with van der Waals surface area (Å²) < 4.78 is 23.5. The summed E-state index contributed by atoms with van der Waals surface area (Å²) in [4.78, 5) is 64.1. The van der Waals surface area contributed by atoms with Crippen LogP contribution in [0.5, 0.6) is 5.75 Å². The van der Waals surface area contributed by atoms with E-state index in [1.54, 1.807) is 74.5 Å². The van der Waals surface area contributed by atoms with Gasteiger partial charge in [0.15, 0.2) is 19.3 Å². The molecule has 12 nitrogen and oxygen atoms in total. The van der Waals surface area contributed by atoms with Crippen LogP contribution in [0.4, 0.5) is 4.79 Å². The van der Waals surface area contributed by atoms with E-state index < -0.39 is 65.8 Å². The molecule has 2 aromatic carbocycles. The highest BCUT2D eigenvalue weighted by Crippen LogP contribution is 2.30. The van der Waals surface area contributed by atoms with Crippen LogP contribution in [0.25, 0.3) is 0 Å². The topological polar surface area (TPSA) is 147 Å². The highest BCUT2D eigenvalue weighted by Gasteiger charge is 2.54. The number of likely N-dealkylation sites (tertiary alicyclic amines) is 1. The quantitative estimate of drug-likeness (QED) is 0.117. The first-order chi connectivity index (χ1) is 20.4. The van der Waals surface area contributed by atoms with Gasteiger partial charge in [-0.3, -0.25) is 14.5 Å². The molecule has 2 amide bonds. The maximum atomic E-state index is 13.2. The lowest BCUT2D eigenvalue weighted by molar-refractivity contribution is -0.191. The number of rotatable bonds is 12. The van der Waals surface area contributed by atoms with Gasteiger partial charge in [-0.1, -0.05) is 83.3 Å². The van der Waals surface area contributed by atoms with Crippen molar-refractivity contribution in [2.24, 2.45) is 0 Å². The fraction of sp³-hybridized carbons (Fsp3) is 0.321. The first kappa shape index (κ1) is 33.5. The fourth-order valence-electron chi connectivity index (χ4n) is 3.64. The Labute approximate surface area is 261 Å². The Morgan fingerprint density at radius 1 is 0.884 bits per heavy atom. The number of nitrogens with zero attached hydrogens (tertiary/aromatic N) is 1. The number of benzene rings is 2. The van der Waals surface area contributed by atoms with Crippen LogP contribution in [0.1, 0.15) is 19.4 Å². The Balaban J connectivity index is 1.71. The second kappa shape index (κ2) is 15.5. The number of carbonyl (C=O) groups excluding carboxylic acids is 5. The molecule has 1 fully saturated rings. The average molecular weight is 658 g/mol. The molecule has 1 N–H and O–H groups in total. The first-order valence-corrected chi connectivity index (χ1v) is 13.7. The van der Waals surface area contributed by atoms with E-state index in [4.69, 9.17) is 49.0 Å². The molecular weight excluding hydrogens is 631 g/mol. The molecule has 1 aliphatic rings. The van der Waals surface area contributed by atoms with Crippen molar-refractivity contribution >= 4 is 64.7 Å². The van der Waals surface area contributed by atoms with Crippen LogP contribution in [-0.4, -0.2) is 70.7 Å². The number of β-lactam (4-membered cyclic amide) rings is 1. The molecule has 0 aliphatic carbocycles. The predicted molar refractivity (Wildman–Crippen MR) is 153 cm³/mol. The Morgan fingerprint density at radius 3 is 2.12 bits per heavy atom. The smallest absolute Gasteiger partial charge is 0.484 e. The fourth-order valence-corrected chi connectivity index (χ4v) is 3.80. The number of halogens is 3. The number of allylic oxidation sites excluding steroid dienone is 1. The summed E-state index contributed by atoms with van der Waals surface area (Å²) >= 11 is 16.5. The molecule has 2 unspecified atom stereocenters. The van der Waals surface area contributed by atoms with Gasteiger partial charge in [-0.25, -0.2) is 14.4 Å². The largest absolute Gasteiger partial charge is 0.508 e. The van der Waals surface area contributed by atoms with Gasteiger partial charge in [0.2, 0.25) is 10.0 Å². The molecule has 0 spiro atoms. The van der Waals surface area contributed by atoms with Crippen LogP contribution >= 0.6 is 34.8 Å². The molecule has 3 rings (SSSR count). The maximum Gasteiger partial charge on any atom is 0.508 e. The molecule has 230 valence electrons. The zero-order valence-electron chi connectivity index (χ0n) is 22.9. The molecule has 1 heterocycles. The van der Waals surface area contributed by atoms with Crippen LogP contribution in [0.2, 0.25) is 0 Å². The summed E-state index contributed by atoms with van der Waals surface area (Å²) in [6, 6.07) is 15.9. The van der Waals surface area contributed by atoms with Crippen molar-refractivity contribution in [1.29, 1.82) is 0 Å². The van der Waals surface area contributed by atoms with Crippen molar-refractivity contribution in [1.82, 2.24) is 10.2 Å². The van der Waals surface area contributed by atoms with Crippen LogP contribution in [0.15, 0.2) is 71.9 Å². The zero-order chi connectivity index (χ0) is 31.6. The van der Waals surface area contributed by atoms with Crippen molar-refractivity contribution < 1.29 is 47.7 Å². The molecule has 0 saturated carbocycles. The number of carbonyl (C=O) groups is 5. The number of nitrogens with one attached hydrogen (secondary N) is 1. The third kappa shape index (κ3) is 10.3. The Morgan fingerprint density at radius 2 is 1.51 bits per heavy atom. The molecule has 15 heteroatoms. The van der Waals surface area contributed by atoms with E-state index in [-0.39, 0.29) is 12.3 Å². The summed E-state index contributed by atoms with van der Waals surface area (Å²) in [5, 5.41) is 2.43. The van der Waals surface area contributed by atoms with Gasteiger partial charge >= 0.3 is 18.1 Å². The number of hydrogen-bond acceptors (Lipinski definition) is 10. The molecule has 0 bridgehead atoms. The normalized spacial score (nSPS) is 15.8. The SMILES string of the molecule is CC(C)=C(C(=O)OCc1ccccc1)N1C(=O)C(NC(=O)COc2ccccc2)C1OC(=O)COC(=O)OCC(Cl)(Cl)Cl. The minimum Gasteiger partial charge on any atom is -0.484 e. The van der Waals surface area contributed by atoms with Gasteiger partial charge in [0.25, 0.3) is 11.8 Å². The van der Waals surface area contributed by atoms with Crippen LogP contribution in [-0.2, 0) is 44.7 Å². The van der Waals surface area contributed by atoms with E-state index in [0.29, 0.717) is 16.9 Å². The third-order valence-electron chi connectivity index (χ3n) is 5.51. The average Bonchev–Trinajstić information content (AvgIpc) is 2.98. The molecule has 0 radical (unpaired) electrons. The van der Waals surface area contributed by atoms with Gasteiger partial charge in [-0.2, -0.15) is 0 Å². The lowest BCUT2D eigenvalue weighted by Crippen LogP contribution is -2.72. The van der Waals surface area contributed by atoms with Crippen LogP contribution in [0.3, 0.4) is 0 Å². The Bertz CT molecular complexity index is 1350. The van der Waals surface area contributed by atoms with E-state index in [9.17, 15) is 24.0 Å². The van der Waals surface area contributed by atoms with E-state index in [1.807, 2.05) is 0 Å². The third-order valence-corrected chi connectivity index (χ3v) is 5.83. The minimum absolute atomic E-state index is 0.0932. The molecule has 1 aliphatic heterocycles. The monoisotopic (exact) mass is 656 g/mol. The number of para-hydroxylation sites is 1. The summed E-state index contributed by atoms with van der Waals surface area (Å²) in [6.07, 6.45) is -2.84. The molecular formula is C28H27Cl3N2O10. The number of alkyl halides is 3. The summed E-state index contributed by atoms with van der Waals surface area (Å²) in [5.74, 6) is -3.07. The van der Waals surface area contributed by atoms with Crippen LogP contribution in [0, 0.1) is 0 Å². The number of hydrogen-bond donors (Lipinski definition) is 1. The highest BCUT2D eigenvalue weighted by molar-refractivity contribution is 6.67. The lowest BCUT2D eigenvalue weighted by Gasteiger charge is -2.46. The first-order valence-electron chi connectivity index (χ1n) is 12.6. The van der Waals surface area contributed by atoms with E-state index in [1.165, 1.54) is 0 Å². The number of esters is 2. The van der Waals surface area contributed by atoms with E-state index in [0.717, 1.165) is 4.90 Å². The van der Waals surface area contributed by atoms with E-state index >= 15 is 0 Å². The maximum absolute atomic E-state index is 13.2. The van der Waals surface area contributed by atoms with Crippen molar-refractivity contribution in [2.45, 2.75) is 36.5 Å². The predicted octanol–water partition coefficient (Wildman–Crippen LogP) is 3.82.